The van der Waals surface area contributed by atoms with Crippen molar-refractivity contribution < 1.29 is 0 Å². The number of hydrogen-bond donors (Lipinski definition) is 2. The van der Waals surface area contributed by atoms with Gasteiger partial charge in [-0.1, -0.05) is 0 Å². The molecule has 0 radical (unpaired) electrons. The smallest absolute Gasteiger partial charge is 0.145 e. The van der Waals surface area contributed by atoms with Crippen LogP contribution >= 0.6 is 0 Å². The zero-order chi connectivity index (χ0) is 11.4. The second-order valence-electron chi connectivity index (χ2n) is 3.47. The van der Waals surface area contributed by atoms with E-state index in [0.29, 0.717) is 11.6 Å². The third-order valence-electron chi connectivity index (χ3n) is 2.24. The van der Waals surface area contributed by atoms with Gasteiger partial charge in [0, 0.05) is 12.4 Å². The summed E-state index contributed by atoms with van der Waals surface area (Å²) in [6, 6.07) is 4.08. The van der Waals surface area contributed by atoms with Crippen LogP contribution in [0.25, 0.3) is 0 Å². The number of nitrogens with one attached hydrogen (secondary N) is 1. The van der Waals surface area contributed by atoms with Gasteiger partial charge in [-0.05, 0) is 24.6 Å². The van der Waals surface area contributed by atoms with Crippen LogP contribution in [-0.2, 0) is 0 Å². The van der Waals surface area contributed by atoms with Crippen molar-refractivity contribution in [2.75, 3.05) is 11.1 Å². The van der Waals surface area contributed by atoms with Gasteiger partial charge in [-0.3, -0.25) is 4.98 Å². The molecular formula is C11H13N5. The average Bonchev–Trinajstić information content (AvgIpc) is 2.33. The Labute approximate surface area is 93.8 Å². The number of pyridine rings is 1. The third-order valence-corrected chi connectivity index (χ3v) is 2.24. The number of hydrogen-bond acceptors (Lipinski definition) is 5. The van der Waals surface area contributed by atoms with Gasteiger partial charge >= 0.3 is 0 Å². The molecule has 2 heterocycles. The standard InChI is InChI=1S/C11H13N5/c1-8(9-2-4-13-5-3-9)16-11-7-14-10(12)6-15-11/h2-8H,1H3,(H2,12,14)(H,15,16). The van der Waals surface area contributed by atoms with Gasteiger partial charge in [-0.15, -0.1) is 0 Å². The Balaban J connectivity index is 2.08. The minimum Gasteiger partial charge on any atom is -0.382 e. The first kappa shape index (κ1) is 10.4. The Hall–Kier alpha value is -2.17. The van der Waals surface area contributed by atoms with Gasteiger partial charge in [0.25, 0.3) is 0 Å². The minimum absolute atomic E-state index is 0.154. The average molecular weight is 215 g/mol. The summed E-state index contributed by atoms with van der Waals surface area (Å²) in [6.45, 7) is 2.05. The molecule has 2 rings (SSSR count). The molecule has 0 aliphatic carbocycles. The molecule has 0 amide bonds. The van der Waals surface area contributed by atoms with Gasteiger partial charge in [-0.2, -0.15) is 0 Å². The van der Waals surface area contributed by atoms with Gasteiger partial charge < -0.3 is 11.1 Å². The second kappa shape index (κ2) is 4.57. The van der Waals surface area contributed by atoms with E-state index in [-0.39, 0.29) is 6.04 Å². The highest BCUT2D eigenvalue weighted by atomic mass is 15.0. The highest BCUT2D eigenvalue weighted by Crippen LogP contribution is 2.16. The Kier molecular flexibility index (Phi) is 2.95. The lowest BCUT2D eigenvalue weighted by atomic mass is 10.1. The Morgan fingerprint density at radius 1 is 1.19 bits per heavy atom. The molecule has 2 aromatic rings. The zero-order valence-electron chi connectivity index (χ0n) is 8.96. The molecule has 0 bridgehead atoms. The lowest BCUT2D eigenvalue weighted by molar-refractivity contribution is 0.868. The molecule has 5 nitrogen and oxygen atoms in total. The molecule has 1 atom stereocenters. The topological polar surface area (TPSA) is 76.7 Å². The molecule has 5 heteroatoms. The SMILES string of the molecule is CC(Nc1cnc(N)cn1)c1ccncc1. The van der Waals surface area contributed by atoms with Crippen molar-refractivity contribution in [1.82, 2.24) is 15.0 Å². The summed E-state index contributed by atoms with van der Waals surface area (Å²) in [5.41, 5.74) is 6.61. The van der Waals surface area contributed by atoms with Gasteiger partial charge in [-0.25, -0.2) is 9.97 Å². The first-order valence-electron chi connectivity index (χ1n) is 4.99. The maximum Gasteiger partial charge on any atom is 0.145 e. The van der Waals surface area contributed by atoms with Crippen molar-refractivity contribution in [2.24, 2.45) is 0 Å². The number of anilines is 2. The molecule has 0 aromatic carbocycles. The van der Waals surface area contributed by atoms with E-state index >= 15 is 0 Å². The van der Waals surface area contributed by atoms with Crippen molar-refractivity contribution in [1.29, 1.82) is 0 Å². The molecule has 2 aromatic heterocycles. The van der Waals surface area contributed by atoms with E-state index in [1.807, 2.05) is 19.1 Å². The molecule has 16 heavy (non-hydrogen) atoms. The minimum atomic E-state index is 0.154. The summed E-state index contributed by atoms with van der Waals surface area (Å²) in [5.74, 6) is 1.13. The van der Waals surface area contributed by atoms with Crippen molar-refractivity contribution in [3.8, 4) is 0 Å². The van der Waals surface area contributed by atoms with Gasteiger partial charge in [0.15, 0.2) is 0 Å². The summed E-state index contributed by atoms with van der Waals surface area (Å²) in [7, 11) is 0. The molecule has 0 fully saturated rings. The predicted octanol–water partition coefficient (Wildman–Crippen LogP) is 1.63. The van der Waals surface area contributed by atoms with Crippen LogP contribution in [0.3, 0.4) is 0 Å². The van der Waals surface area contributed by atoms with E-state index in [1.165, 1.54) is 6.20 Å². The van der Waals surface area contributed by atoms with E-state index in [0.717, 1.165) is 5.56 Å². The predicted molar refractivity (Wildman–Crippen MR) is 62.7 cm³/mol. The van der Waals surface area contributed by atoms with Gasteiger partial charge in [0.05, 0.1) is 18.4 Å². The van der Waals surface area contributed by atoms with E-state index < -0.39 is 0 Å². The molecule has 0 saturated carbocycles. The molecule has 0 aliphatic heterocycles. The number of nitrogen functional groups attached to an aromatic ring is 1. The van der Waals surface area contributed by atoms with Crippen LogP contribution in [0.1, 0.15) is 18.5 Å². The fourth-order valence-electron chi connectivity index (χ4n) is 1.37. The second-order valence-corrected chi connectivity index (χ2v) is 3.47. The van der Waals surface area contributed by atoms with Crippen molar-refractivity contribution in [3.05, 3.63) is 42.5 Å². The maximum atomic E-state index is 5.46. The van der Waals surface area contributed by atoms with E-state index in [2.05, 4.69) is 20.3 Å². The zero-order valence-corrected chi connectivity index (χ0v) is 8.96. The molecule has 0 aliphatic rings. The molecule has 82 valence electrons. The lowest BCUT2D eigenvalue weighted by Crippen LogP contribution is -2.08. The van der Waals surface area contributed by atoms with Crippen molar-refractivity contribution in [3.63, 3.8) is 0 Å². The lowest BCUT2D eigenvalue weighted by Gasteiger charge is -2.14. The fourth-order valence-corrected chi connectivity index (χ4v) is 1.37. The van der Waals surface area contributed by atoms with Crippen molar-refractivity contribution >= 4 is 11.6 Å². The Morgan fingerprint density at radius 3 is 2.56 bits per heavy atom. The van der Waals surface area contributed by atoms with Crippen LogP contribution in [0.5, 0.6) is 0 Å². The Bertz CT molecular complexity index is 440. The maximum absolute atomic E-state index is 5.46. The summed E-state index contributed by atoms with van der Waals surface area (Å²) in [4.78, 5) is 12.1. The first-order valence-corrected chi connectivity index (χ1v) is 4.99. The molecule has 1 unspecified atom stereocenters. The molecular weight excluding hydrogens is 202 g/mol. The quantitative estimate of drug-likeness (QED) is 0.813. The first-order chi connectivity index (χ1) is 7.75. The normalized spacial score (nSPS) is 12.1. The molecule has 3 N–H and O–H groups in total. The van der Waals surface area contributed by atoms with Crippen LogP contribution in [0, 0.1) is 0 Å². The highest BCUT2D eigenvalue weighted by Gasteiger charge is 2.05. The third kappa shape index (κ3) is 2.44. The van der Waals surface area contributed by atoms with Crippen molar-refractivity contribution in [2.45, 2.75) is 13.0 Å². The van der Waals surface area contributed by atoms with E-state index in [4.69, 9.17) is 5.73 Å². The largest absolute Gasteiger partial charge is 0.382 e. The van der Waals surface area contributed by atoms with Crippen LogP contribution < -0.4 is 11.1 Å². The van der Waals surface area contributed by atoms with Gasteiger partial charge in [0.2, 0.25) is 0 Å². The van der Waals surface area contributed by atoms with Crippen LogP contribution in [0.4, 0.5) is 11.6 Å². The van der Waals surface area contributed by atoms with Crippen LogP contribution in [-0.4, -0.2) is 15.0 Å². The van der Waals surface area contributed by atoms with E-state index in [1.54, 1.807) is 18.6 Å². The number of rotatable bonds is 3. The molecule has 0 saturated heterocycles. The van der Waals surface area contributed by atoms with Crippen LogP contribution in [0.15, 0.2) is 36.9 Å². The fraction of sp³-hybridized carbons (Fsp3) is 0.182. The molecule has 0 spiro atoms. The van der Waals surface area contributed by atoms with E-state index in [9.17, 15) is 0 Å². The summed E-state index contributed by atoms with van der Waals surface area (Å²) >= 11 is 0. The van der Waals surface area contributed by atoms with Crippen LogP contribution in [0.2, 0.25) is 0 Å². The summed E-state index contributed by atoms with van der Waals surface area (Å²) in [5, 5.41) is 3.23. The highest BCUT2D eigenvalue weighted by molar-refractivity contribution is 5.38. The summed E-state index contributed by atoms with van der Waals surface area (Å²) in [6.07, 6.45) is 6.68. The van der Waals surface area contributed by atoms with Gasteiger partial charge in [0.1, 0.15) is 11.6 Å². The number of aromatic nitrogens is 3. The monoisotopic (exact) mass is 215 g/mol. The Morgan fingerprint density at radius 2 is 1.94 bits per heavy atom. The summed E-state index contributed by atoms with van der Waals surface area (Å²) < 4.78 is 0. The number of nitrogens with zero attached hydrogens (tertiary/aromatic N) is 3. The number of nitrogens with two attached hydrogens (primary N) is 1.